The van der Waals surface area contributed by atoms with Gasteiger partial charge in [-0.1, -0.05) is 6.92 Å². The highest BCUT2D eigenvalue weighted by molar-refractivity contribution is 5.17. The zero-order chi connectivity index (χ0) is 13.2. The molecule has 0 radical (unpaired) electrons. The number of rotatable bonds is 5. The van der Waals surface area contributed by atoms with E-state index in [0.29, 0.717) is 5.92 Å². The van der Waals surface area contributed by atoms with Gasteiger partial charge in [-0.3, -0.25) is 0 Å². The molecule has 1 N–H and O–H groups in total. The van der Waals surface area contributed by atoms with E-state index in [1.807, 2.05) is 13.0 Å². The smallest absolute Gasteiger partial charge is 0.125 e. The van der Waals surface area contributed by atoms with Gasteiger partial charge in [-0.15, -0.1) is 0 Å². The quantitative estimate of drug-likeness (QED) is 0.895. The van der Waals surface area contributed by atoms with Crippen molar-refractivity contribution in [3.05, 3.63) is 47.4 Å². The molecule has 19 heavy (non-hydrogen) atoms. The average molecular weight is 257 g/mol. The minimum atomic E-state index is 0.651. The Morgan fingerprint density at radius 2 is 2.16 bits per heavy atom. The van der Waals surface area contributed by atoms with Crippen LogP contribution >= 0.6 is 0 Å². The van der Waals surface area contributed by atoms with Gasteiger partial charge >= 0.3 is 0 Å². The SMILES string of the molecule is Cc1nccc(CNCc2ccc(C3CC3C)o2)n1. The van der Waals surface area contributed by atoms with Crippen molar-refractivity contribution in [3.63, 3.8) is 0 Å². The summed E-state index contributed by atoms with van der Waals surface area (Å²) < 4.78 is 5.84. The Bertz CT molecular complexity index is 564. The van der Waals surface area contributed by atoms with Crippen molar-refractivity contribution in [1.82, 2.24) is 15.3 Å². The predicted octanol–water partition coefficient (Wildman–Crippen LogP) is 2.79. The summed E-state index contributed by atoms with van der Waals surface area (Å²) in [7, 11) is 0. The molecule has 1 aliphatic rings. The van der Waals surface area contributed by atoms with Gasteiger partial charge in [0, 0.05) is 18.7 Å². The number of aromatic nitrogens is 2. The molecule has 2 heterocycles. The van der Waals surface area contributed by atoms with Gasteiger partial charge in [0.05, 0.1) is 12.2 Å². The zero-order valence-electron chi connectivity index (χ0n) is 11.4. The molecule has 2 aromatic heterocycles. The Balaban J connectivity index is 1.51. The second-order valence-electron chi connectivity index (χ2n) is 5.32. The molecule has 4 heteroatoms. The van der Waals surface area contributed by atoms with Gasteiger partial charge in [0.15, 0.2) is 0 Å². The van der Waals surface area contributed by atoms with Crippen LogP contribution in [0.5, 0.6) is 0 Å². The third kappa shape index (κ3) is 3.01. The van der Waals surface area contributed by atoms with Crippen molar-refractivity contribution in [2.24, 2.45) is 5.92 Å². The Labute approximate surface area is 113 Å². The summed E-state index contributed by atoms with van der Waals surface area (Å²) in [5.41, 5.74) is 1.01. The highest BCUT2D eigenvalue weighted by atomic mass is 16.3. The predicted molar refractivity (Wildman–Crippen MR) is 72.5 cm³/mol. The van der Waals surface area contributed by atoms with Crippen molar-refractivity contribution < 1.29 is 4.42 Å². The van der Waals surface area contributed by atoms with E-state index in [2.05, 4.69) is 34.3 Å². The largest absolute Gasteiger partial charge is 0.464 e. The average Bonchev–Trinajstić information content (AvgIpc) is 2.93. The lowest BCUT2D eigenvalue weighted by atomic mass is 10.3. The molecule has 3 rings (SSSR count). The molecule has 2 atom stereocenters. The Morgan fingerprint density at radius 1 is 1.32 bits per heavy atom. The summed E-state index contributed by atoms with van der Waals surface area (Å²) in [6, 6.07) is 6.11. The number of hydrogen-bond donors (Lipinski definition) is 1. The van der Waals surface area contributed by atoms with Crippen molar-refractivity contribution in [1.29, 1.82) is 0 Å². The minimum Gasteiger partial charge on any atom is -0.464 e. The lowest BCUT2D eigenvalue weighted by molar-refractivity contribution is 0.443. The van der Waals surface area contributed by atoms with Crippen LogP contribution in [-0.4, -0.2) is 9.97 Å². The highest BCUT2D eigenvalue weighted by Gasteiger charge is 2.36. The van der Waals surface area contributed by atoms with Crippen molar-refractivity contribution in [3.8, 4) is 0 Å². The Kier molecular flexibility index (Phi) is 3.34. The fourth-order valence-electron chi connectivity index (χ4n) is 2.32. The van der Waals surface area contributed by atoms with E-state index in [4.69, 9.17) is 4.42 Å². The molecule has 1 aliphatic carbocycles. The van der Waals surface area contributed by atoms with Gasteiger partial charge in [0.1, 0.15) is 17.3 Å². The first-order valence-corrected chi connectivity index (χ1v) is 6.80. The van der Waals surface area contributed by atoms with Gasteiger partial charge in [0.25, 0.3) is 0 Å². The third-order valence-corrected chi connectivity index (χ3v) is 3.60. The maximum absolute atomic E-state index is 5.84. The Morgan fingerprint density at radius 3 is 2.89 bits per heavy atom. The van der Waals surface area contributed by atoms with Gasteiger partial charge < -0.3 is 9.73 Å². The molecule has 0 saturated heterocycles. The van der Waals surface area contributed by atoms with Crippen molar-refractivity contribution >= 4 is 0 Å². The standard InChI is InChI=1S/C15H19N3O/c1-10-7-14(10)15-4-3-13(19-15)9-16-8-12-5-6-17-11(2)18-12/h3-6,10,14,16H,7-9H2,1-2H3. The number of aryl methyl sites for hydroxylation is 1. The van der Waals surface area contributed by atoms with E-state index in [1.54, 1.807) is 6.20 Å². The normalized spacial score (nSPS) is 21.6. The van der Waals surface area contributed by atoms with Crippen molar-refractivity contribution in [2.45, 2.75) is 39.3 Å². The molecule has 4 nitrogen and oxygen atoms in total. The molecule has 1 saturated carbocycles. The van der Waals surface area contributed by atoms with Crippen LogP contribution in [-0.2, 0) is 13.1 Å². The van der Waals surface area contributed by atoms with E-state index in [0.717, 1.165) is 42.0 Å². The van der Waals surface area contributed by atoms with Crippen LogP contribution in [0.15, 0.2) is 28.8 Å². The summed E-state index contributed by atoms with van der Waals surface area (Å²) in [5.74, 6) is 4.39. The van der Waals surface area contributed by atoms with E-state index >= 15 is 0 Å². The lowest BCUT2D eigenvalue weighted by Gasteiger charge is -2.02. The van der Waals surface area contributed by atoms with Crippen LogP contribution in [0.2, 0.25) is 0 Å². The molecule has 0 aromatic carbocycles. The van der Waals surface area contributed by atoms with E-state index in [-0.39, 0.29) is 0 Å². The first kappa shape index (κ1) is 12.4. The van der Waals surface area contributed by atoms with E-state index in [1.165, 1.54) is 6.42 Å². The molecule has 0 aliphatic heterocycles. The maximum Gasteiger partial charge on any atom is 0.125 e. The van der Waals surface area contributed by atoms with Gasteiger partial charge in [0.2, 0.25) is 0 Å². The second-order valence-corrected chi connectivity index (χ2v) is 5.32. The molecular formula is C15H19N3O. The molecular weight excluding hydrogens is 238 g/mol. The molecule has 100 valence electrons. The summed E-state index contributed by atoms with van der Waals surface area (Å²) in [5, 5.41) is 3.35. The number of furan rings is 1. The maximum atomic E-state index is 5.84. The van der Waals surface area contributed by atoms with Crippen LogP contribution < -0.4 is 5.32 Å². The lowest BCUT2D eigenvalue weighted by Crippen LogP contribution is -2.13. The molecule has 1 fully saturated rings. The first-order valence-electron chi connectivity index (χ1n) is 6.80. The fourth-order valence-corrected chi connectivity index (χ4v) is 2.32. The molecule has 2 unspecified atom stereocenters. The van der Waals surface area contributed by atoms with Crippen LogP contribution in [0, 0.1) is 12.8 Å². The summed E-state index contributed by atoms with van der Waals surface area (Å²) >= 11 is 0. The highest BCUT2D eigenvalue weighted by Crippen LogP contribution is 2.47. The molecule has 0 amide bonds. The molecule has 0 bridgehead atoms. The number of nitrogens with zero attached hydrogens (tertiary/aromatic N) is 2. The summed E-state index contributed by atoms with van der Waals surface area (Å²) in [4.78, 5) is 8.44. The van der Waals surface area contributed by atoms with Gasteiger partial charge in [-0.25, -0.2) is 9.97 Å². The monoisotopic (exact) mass is 257 g/mol. The number of hydrogen-bond acceptors (Lipinski definition) is 4. The van der Waals surface area contributed by atoms with Crippen LogP contribution in [0.25, 0.3) is 0 Å². The minimum absolute atomic E-state index is 0.651. The van der Waals surface area contributed by atoms with Gasteiger partial charge in [-0.2, -0.15) is 0 Å². The van der Waals surface area contributed by atoms with E-state index in [9.17, 15) is 0 Å². The zero-order valence-corrected chi connectivity index (χ0v) is 11.4. The van der Waals surface area contributed by atoms with Crippen molar-refractivity contribution in [2.75, 3.05) is 0 Å². The van der Waals surface area contributed by atoms with Crippen LogP contribution in [0.4, 0.5) is 0 Å². The number of nitrogens with one attached hydrogen (secondary N) is 1. The third-order valence-electron chi connectivity index (χ3n) is 3.60. The fraction of sp³-hybridized carbons (Fsp3) is 0.467. The first-order chi connectivity index (χ1) is 9.22. The molecule has 2 aromatic rings. The summed E-state index contributed by atoms with van der Waals surface area (Å²) in [6.45, 7) is 5.64. The topological polar surface area (TPSA) is 51.0 Å². The second kappa shape index (κ2) is 5.13. The Hall–Kier alpha value is -1.68. The van der Waals surface area contributed by atoms with E-state index < -0.39 is 0 Å². The molecule has 0 spiro atoms. The van der Waals surface area contributed by atoms with Crippen LogP contribution in [0.3, 0.4) is 0 Å². The van der Waals surface area contributed by atoms with Crippen LogP contribution in [0.1, 0.15) is 42.3 Å². The van der Waals surface area contributed by atoms with Gasteiger partial charge in [-0.05, 0) is 37.5 Å². The summed E-state index contributed by atoms with van der Waals surface area (Å²) in [6.07, 6.45) is 3.05.